The second kappa shape index (κ2) is 41.1. The molecule has 0 spiro atoms. The number of pyridine rings is 1. The lowest BCUT2D eigenvalue weighted by atomic mass is 9.85. The number of carbonyl (C=O) groups excluding carboxylic acids is 2. The Morgan fingerprint density at radius 3 is 1.40 bits per heavy atom. The van der Waals surface area contributed by atoms with Crippen LogP contribution in [0.4, 0.5) is 5.69 Å². The summed E-state index contributed by atoms with van der Waals surface area (Å²) in [6.07, 6.45) is 4.20. The molecule has 0 radical (unpaired) electrons. The Balaban J connectivity index is 0.709. The molecule has 0 fully saturated rings. The Bertz CT molecular complexity index is 2990. The van der Waals surface area contributed by atoms with Crippen LogP contribution in [0.2, 0.25) is 0 Å². The molecule has 3 N–H and O–H groups in total. The zero-order chi connectivity index (χ0) is 60.6. The average molecular weight is 1190 g/mol. The highest BCUT2D eigenvalue weighted by Gasteiger charge is 2.17. The van der Waals surface area contributed by atoms with Crippen molar-refractivity contribution < 1.29 is 52.2 Å². The van der Waals surface area contributed by atoms with E-state index in [0.29, 0.717) is 137 Å². The monoisotopic (exact) mass is 1190 g/mol. The van der Waals surface area contributed by atoms with E-state index in [0.717, 1.165) is 106 Å². The van der Waals surface area contributed by atoms with Crippen LogP contribution < -0.4 is 16.0 Å². The fraction of sp³-hybridized carbons (Fsp3) is 0.394. The van der Waals surface area contributed by atoms with E-state index in [1.165, 1.54) is 0 Å². The van der Waals surface area contributed by atoms with Gasteiger partial charge in [-0.2, -0.15) is 0 Å². The third-order valence-electron chi connectivity index (χ3n) is 14.3. The van der Waals surface area contributed by atoms with Crippen LogP contribution in [0.15, 0.2) is 170 Å². The summed E-state index contributed by atoms with van der Waals surface area (Å²) >= 11 is 0. The normalized spacial score (nSPS) is 11.3. The second-order valence-electron chi connectivity index (χ2n) is 20.5. The third kappa shape index (κ3) is 24.8. The summed E-state index contributed by atoms with van der Waals surface area (Å²) in [7, 11) is 1.64. The van der Waals surface area contributed by atoms with E-state index in [4.69, 9.17) is 47.6 Å². The van der Waals surface area contributed by atoms with Crippen LogP contribution in [0.1, 0.15) is 64.4 Å². The SMILES string of the molecule is CCN(CCCCNc1ccnc2cc(-c3ccc(CNC(=O)c4ccc(C(=C(c5ccccc5)c5ccccc5)c5ccccc5)cc4)cc3)ccc12)CCNC(=O)CCOCCOCCOCCOCCOCCOCCOCCOCCOC. The number of aromatic nitrogens is 1. The first-order chi connectivity index (χ1) is 43.0. The summed E-state index contributed by atoms with van der Waals surface area (Å²) in [5, 5.41) is 10.9. The number of methoxy groups -OCH3 is 1. The fourth-order valence-electron chi connectivity index (χ4n) is 9.60. The summed E-state index contributed by atoms with van der Waals surface area (Å²) in [6, 6.07) is 56.1. The number of nitrogens with one attached hydrogen (secondary N) is 3. The van der Waals surface area contributed by atoms with Crippen molar-refractivity contribution in [1.82, 2.24) is 20.5 Å². The first-order valence-electron chi connectivity index (χ1n) is 30.6. The number of nitrogens with zero attached hydrogens (tertiary/aromatic N) is 2. The maximum absolute atomic E-state index is 13.5. The standard InChI is InChI=1S/C71H89N5O11/c1-3-76(37-35-74-68(77)32-38-80-41-42-82-45-46-84-49-50-86-53-54-87-52-51-85-48-47-83-44-43-81-40-39-79-2)36-14-13-33-72-66-31-34-73-67-55-64(29-30-65(66)67)58-23-21-57(22-24-58)56-75-71(78)63-27-25-62(26-28-63)70(61-19-11-6-12-20-61)69(59-15-7-4-8-16-59)60-17-9-5-10-18-60/h4-12,15-31,34,55H,3,13-14,32-33,35-54,56H2,1-2H3,(H,72,73)(H,74,77)(H,75,78). The minimum Gasteiger partial charge on any atom is -0.384 e. The average Bonchev–Trinajstić information content (AvgIpc) is 2.54. The molecule has 1 heterocycles. The topological polar surface area (TPSA) is 169 Å². The largest absolute Gasteiger partial charge is 0.384 e. The molecule has 16 nitrogen and oxygen atoms in total. The van der Waals surface area contributed by atoms with Crippen LogP contribution >= 0.6 is 0 Å². The van der Waals surface area contributed by atoms with Crippen molar-refractivity contribution in [2.75, 3.05) is 157 Å². The van der Waals surface area contributed by atoms with Gasteiger partial charge in [-0.1, -0.05) is 146 Å². The Kier molecular flexibility index (Phi) is 31.8. The number of hydrogen-bond acceptors (Lipinski definition) is 14. The van der Waals surface area contributed by atoms with Crippen molar-refractivity contribution in [2.24, 2.45) is 0 Å². The molecule has 7 rings (SSSR count). The molecule has 0 atom stereocenters. The Morgan fingerprint density at radius 2 is 0.908 bits per heavy atom. The van der Waals surface area contributed by atoms with Gasteiger partial charge in [-0.15, -0.1) is 0 Å². The summed E-state index contributed by atoms with van der Waals surface area (Å²) < 4.78 is 48.9. The number of likely N-dealkylation sites (N-methyl/N-ethyl adjacent to an activating group) is 1. The molecule has 1 aromatic heterocycles. The summed E-state index contributed by atoms with van der Waals surface area (Å²) in [6.45, 7) is 15.0. The number of fused-ring (bicyclic) bond motifs is 1. The number of benzene rings is 6. The van der Waals surface area contributed by atoms with Gasteiger partial charge in [0.15, 0.2) is 0 Å². The van der Waals surface area contributed by atoms with Gasteiger partial charge in [0.2, 0.25) is 5.91 Å². The number of anilines is 1. The first-order valence-corrected chi connectivity index (χ1v) is 30.6. The van der Waals surface area contributed by atoms with Crippen molar-refractivity contribution in [3.8, 4) is 11.1 Å². The van der Waals surface area contributed by atoms with E-state index >= 15 is 0 Å². The van der Waals surface area contributed by atoms with Gasteiger partial charge in [0, 0.05) is 62.5 Å². The zero-order valence-electron chi connectivity index (χ0n) is 50.9. The summed E-state index contributed by atoms with van der Waals surface area (Å²) in [4.78, 5) is 33.1. The summed E-state index contributed by atoms with van der Waals surface area (Å²) in [5.74, 6) is -0.144. The maximum Gasteiger partial charge on any atom is 0.251 e. The molecular weight excluding hydrogens is 1100 g/mol. The smallest absolute Gasteiger partial charge is 0.251 e. The maximum atomic E-state index is 13.5. The van der Waals surface area contributed by atoms with Crippen LogP contribution in [0.25, 0.3) is 33.2 Å². The lowest BCUT2D eigenvalue weighted by Crippen LogP contribution is -2.35. The van der Waals surface area contributed by atoms with Crippen LogP contribution in [-0.2, 0) is 54.0 Å². The van der Waals surface area contributed by atoms with Gasteiger partial charge >= 0.3 is 0 Å². The van der Waals surface area contributed by atoms with Crippen LogP contribution in [-0.4, -0.2) is 174 Å². The Morgan fingerprint density at radius 1 is 0.448 bits per heavy atom. The van der Waals surface area contributed by atoms with Crippen molar-refractivity contribution in [2.45, 2.75) is 32.7 Å². The Labute approximate surface area is 514 Å². The molecule has 16 heteroatoms. The van der Waals surface area contributed by atoms with Gasteiger partial charge < -0.3 is 63.5 Å². The molecule has 0 saturated carbocycles. The first kappa shape index (κ1) is 67.3. The molecule has 0 unspecified atom stereocenters. The van der Waals surface area contributed by atoms with Gasteiger partial charge in [0.25, 0.3) is 5.91 Å². The van der Waals surface area contributed by atoms with Gasteiger partial charge in [-0.05, 0) is 100 Å². The zero-order valence-corrected chi connectivity index (χ0v) is 50.9. The van der Waals surface area contributed by atoms with E-state index in [1.807, 2.05) is 42.6 Å². The number of carbonyl (C=O) groups is 2. The molecule has 0 aliphatic carbocycles. The van der Waals surface area contributed by atoms with Crippen molar-refractivity contribution in [1.29, 1.82) is 0 Å². The number of ether oxygens (including phenoxy) is 9. The quantitative estimate of drug-likeness (QED) is 0.0243. The van der Waals surface area contributed by atoms with E-state index < -0.39 is 0 Å². The number of hydrogen-bond donors (Lipinski definition) is 3. The van der Waals surface area contributed by atoms with Crippen molar-refractivity contribution in [3.63, 3.8) is 0 Å². The number of amides is 2. The van der Waals surface area contributed by atoms with Gasteiger partial charge in [-0.3, -0.25) is 14.6 Å². The van der Waals surface area contributed by atoms with Crippen molar-refractivity contribution in [3.05, 3.63) is 203 Å². The highest BCUT2D eigenvalue weighted by Crippen LogP contribution is 2.37. The molecule has 0 saturated heterocycles. The van der Waals surface area contributed by atoms with E-state index in [-0.39, 0.29) is 11.8 Å². The predicted molar refractivity (Wildman–Crippen MR) is 345 cm³/mol. The fourth-order valence-corrected chi connectivity index (χ4v) is 9.60. The van der Waals surface area contributed by atoms with Gasteiger partial charge in [0.05, 0.1) is 118 Å². The molecule has 0 aliphatic heterocycles. The molecule has 0 bridgehead atoms. The molecule has 0 aliphatic rings. The van der Waals surface area contributed by atoms with Crippen molar-refractivity contribution >= 4 is 39.6 Å². The molecule has 6 aromatic carbocycles. The van der Waals surface area contributed by atoms with Gasteiger partial charge in [0.1, 0.15) is 0 Å². The van der Waals surface area contributed by atoms with Crippen LogP contribution in [0.3, 0.4) is 0 Å². The lowest BCUT2D eigenvalue weighted by Gasteiger charge is -2.20. The molecule has 87 heavy (non-hydrogen) atoms. The third-order valence-corrected chi connectivity index (χ3v) is 14.3. The second-order valence-corrected chi connectivity index (χ2v) is 20.5. The predicted octanol–water partition coefficient (Wildman–Crippen LogP) is 10.6. The molecule has 464 valence electrons. The minimum atomic E-state index is -0.127. The number of rotatable bonds is 45. The summed E-state index contributed by atoms with van der Waals surface area (Å²) in [5.41, 5.74) is 12.3. The molecular formula is C71H89N5O11. The number of unbranched alkanes of at least 4 members (excludes halogenated alkanes) is 1. The lowest BCUT2D eigenvalue weighted by molar-refractivity contribution is -0.122. The van der Waals surface area contributed by atoms with E-state index in [9.17, 15) is 9.59 Å². The highest BCUT2D eigenvalue weighted by atomic mass is 16.6. The van der Waals surface area contributed by atoms with Crippen LogP contribution in [0, 0.1) is 0 Å². The van der Waals surface area contributed by atoms with E-state index in [1.54, 1.807) is 7.11 Å². The van der Waals surface area contributed by atoms with E-state index in [2.05, 4.69) is 155 Å². The van der Waals surface area contributed by atoms with Crippen LogP contribution in [0.5, 0.6) is 0 Å². The molecule has 7 aromatic rings. The highest BCUT2D eigenvalue weighted by molar-refractivity contribution is 6.05. The Hall–Kier alpha value is -7.19. The van der Waals surface area contributed by atoms with Gasteiger partial charge in [-0.25, -0.2) is 0 Å². The molecule has 2 amide bonds. The minimum absolute atomic E-state index is 0.0169.